The van der Waals surface area contributed by atoms with Gasteiger partial charge in [-0.1, -0.05) is 23.4 Å². The van der Waals surface area contributed by atoms with Crippen molar-refractivity contribution in [3.63, 3.8) is 0 Å². The number of ether oxygens (including phenoxy) is 1. The highest BCUT2D eigenvalue weighted by atomic mass is 16.6. The minimum Gasteiger partial charge on any atom is -0.461 e. The van der Waals surface area contributed by atoms with Crippen molar-refractivity contribution < 1.29 is 9.53 Å². The predicted molar refractivity (Wildman–Crippen MR) is 86.5 cm³/mol. The summed E-state index contributed by atoms with van der Waals surface area (Å²) in [6.07, 6.45) is 3.88. The Morgan fingerprint density at radius 2 is 2.08 bits per heavy atom. The second-order valence-corrected chi connectivity index (χ2v) is 7.23. The molecule has 24 heavy (non-hydrogen) atoms. The smallest absolute Gasteiger partial charge is 0.312 e. The Hall–Kier alpha value is -2.21. The Bertz CT molecular complexity index is 782. The zero-order chi connectivity index (χ0) is 16.1. The summed E-state index contributed by atoms with van der Waals surface area (Å²) < 4.78 is 7.53. The van der Waals surface area contributed by atoms with E-state index < -0.39 is 0 Å². The van der Waals surface area contributed by atoms with Crippen LogP contribution in [0.1, 0.15) is 30.7 Å². The Balaban J connectivity index is 1.29. The predicted octanol–water partition coefficient (Wildman–Crippen LogP) is 1.72. The maximum Gasteiger partial charge on any atom is 0.312 e. The van der Waals surface area contributed by atoms with Crippen LogP contribution < -0.4 is 0 Å². The number of carbonyl (C=O) groups excluding carboxylic acids is 1. The fraction of sp³-hybridized carbons (Fsp3) is 0.500. The van der Waals surface area contributed by atoms with Gasteiger partial charge in [-0.25, -0.2) is 4.68 Å². The van der Waals surface area contributed by atoms with Crippen LogP contribution in [0.5, 0.6) is 0 Å². The van der Waals surface area contributed by atoms with Crippen LogP contribution in [0.25, 0.3) is 5.69 Å². The van der Waals surface area contributed by atoms with Crippen LogP contribution in [0.3, 0.4) is 0 Å². The van der Waals surface area contributed by atoms with Gasteiger partial charge >= 0.3 is 5.97 Å². The van der Waals surface area contributed by atoms with Crippen LogP contribution in [-0.2, 0) is 22.5 Å². The summed E-state index contributed by atoms with van der Waals surface area (Å²) in [5, 5.41) is 8.71. The molecule has 1 aromatic heterocycles. The van der Waals surface area contributed by atoms with Crippen molar-refractivity contribution in [1.29, 1.82) is 0 Å². The van der Waals surface area contributed by atoms with Gasteiger partial charge in [-0.15, -0.1) is 5.10 Å². The molecule has 6 heteroatoms. The van der Waals surface area contributed by atoms with Crippen molar-refractivity contribution in [3.8, 4) is 5.69 Å². The first-order chi connectivity index (χ1) is 11.7. The van der Waals surface area contributed by atoms with Crippen LogP contribution in [0, 0.1) is 5.41 Å². The molecule has 1 spiro atoms. The molecule has 1 saturated heterocycles. The molecule has 3 heterocycles. The van der Waals surface area contributed by atoms with Crippen molar-refractivity contribution >= 4 is 5.97 Å². The van der Waals surface area contributed by atoms with Crippen LogP contribution in [-0.4, -0.2) is 45.1 Å². The van der Waals surface area contributed by atoms with E-state index in [2.05, 4.69) is 15.2 Å². The van der Waals surface area contributed by atoms with Crippen LogP contribution in [0.2, 0.25) is 0 Å². The lowest BCUT2D eigenvalue weighted by molar-refractivity contribution is -0.145. The molecule has 2 fully saturated rings. The third-order valence-electron chi connectivity index (χ3n) is 5.52. The van der Waals surface area contributed by atoms with Crippen molar-refractivity contribution in [2.45, 2.75) is 38.3 Å². The van der Waals surface area contributed by atoms with Crippen LogP contribution in [0.4, 0.5) is 0 Å². The molecule has 6 nitrogen and oxygen atoms in total. The fourth-order valence-corrected chi connectivity index (χ4v) is 3.98. The standard InChI is InChI=1S/C18H20N4O2/c23-17-18(7-8-18)10-14(24-17)11-21-9-6-16-15(12-21)19-20-22(16)13-4-2-1-3-5-13/h1-5,14H,6-12H2. The molecule has 2 aromatic rings. The number of carbonyl (C=O) groups is 1. The van der Waals surface area contributed by atoms with Crippen LogP contribution in [0.15, 0.2) is 30.3 Å². The number of benzene rings is 1. The monoisotopic (exact) mass is 324 g/mol. The molecule has 124 valence electrons. The minimum absolute atomic E-state index is 0.0280. The minimum atomic E-state index is -0.109. The maximum absolute atomic E-state index is 11.9. The van der Waals surface area contributed by atoms with E-state index in [-0.39, 0.29) is 17.5 Å². The molecule has 2 aliphatic heterocycles. The Morgan fingerprint density at radius 1 is 1.25 bits per heavy atom. The third kappa shape index (κ3) is 2.24. The summed E-state index contributed by atoms with van der Waals surface area (Å²) in [6.45, 7) is 2.54. The number of esters is 1. The lowest BCUT2D eigenvalue weighted by Gasteiger charge is -2.28. The van der Waals surface area contributed by atoms with Crippen molar-refractivity contribution in [2.75, 3.05) is 13.1 Å². The van der Waals surface area contributed by atoms with E-state index >= 15 is 0 Å². The van der Waals surface area contributed by atoms with E-state index in [1.807, 2.05) is 35.0 Å². The average Bonchev–Trinajstić information content (AvgIpc) is 3.15. The highest BCUT2D eigenvalue weighted by Gasteiger charge is 2.57. The summed E-state index contributed by atoms with van der Waals surface area (Å²) in [6, 6.07) is 10.1. The topological polar surface area (TPSA) is 60.2 Å². The van der Waals surface area contributed by atoms with Gasteiger partial charge < -0.3 is 4.74 Å². The van der Waals surface area contributed by atoms with E-state index in [0.717, 1.165) is 56.7 Å². The number of cyclic esters (lactones) is 1. The third-order valence-corrected chi connectivity index (χ3v) is 5.52. The Kier molecular flexibility index (Phi) is 3.03. The molecule has 1 aliphatic carbocycles. The first kappa shape index (κ1) is 14.2. The molecule has 5 rings (SSSR count). The van der Waals surface area contributed by atoms with Gasteiger partial charge in [0.15, 0.2) is 0 Å². The summed E-state index contributed by atoms with van der Waals surface area (Å²) in [5.41, 5.74) is 3.18. The summed E-state index contributed by atoms with van der Waals surface area (Å²) in [4.78, 5) is 14.2. The van der Waals surface area contributed by atoms with Gasteiger partial charge in [0, 0.05) is 32.5 Å². The normalized spacial score (nSPS) is 24.8. The Morgan fingerprint density at radius 3 is 2.83 bits per heavy atom. The molecule has 1 saturated carbocycles. The largest absolute Gasteiger partial charge is 0.461 e. The molecular weight excluding hydrogens is 304 g/mol. The number of rotatable bonds is 3. The second-order valence-electron chi connectivity index (χ2n) is 7.23. The van der Waals surface area contributed by atoms with Gasteiger partial charge in [0.05, 0.1) is 16.8 Å². The van der Waals surface area contributed by atoms with Gasteiger partial charge in [0.25, 0.3) is 0 Å². The van der Waals surface area contributed by atoms with E-state index in [0.29, 0.717) is 0 Å². The van der Waals surface area contributed by atoms with E-state index in [1.165, 1.54) is 5.69 Å². The summed E-state index contributed by atoms with van der Waals surface area (Å²) >= 11 is 0. The van der Waals surface area contributed by atoms with E-state index in [4.69, 9.17) is 4.74 Å². The number of hydrogen-bond acceptors (Lipinski definition) is 5. The molecule has 1 unspecified atom stereocenters. The summed E-state index contributed by atoms with van der Waals surface area (Å²) in [7, 11) is 0. The average molecular weight is 324 g/mol. The highest BCUT2D eigenvalue weighted by Crippen LogP contribution is 2.54. The molecule has 1 aromatic carbocycles. The maximum atomic E-state index is 11.9. The lowest BCUT2D eigenvalue weighted by atomic mass is 10.0. The number of para-hydroxylation sites is 1. The van der Waals surface area contributed by atoms with Gasteiger partial charge in [-0.05, 0) is 25.0 Å². The van der Waals surface area contributed by atoms with E-state index in [1.54, 1.807) is 0 Å². The fourth-order valence-electron chi connectivity index (χ4n) is 3.98. The number of aromatic nitrogens is 3. The summed E-state index contributed by atoms with van der Waals surface area (Å²) in [5.74, 6) is 0.0280. The molecule has 1 atom stereocenters. The van der Waals surface area contributed by atoms with Gasteiger partial charge in [0.2, 0.25) is 0 Å². The molecule has 0 bridgehead atoms. The van der Waals surface area contributed by atoms with Gasteiger partial charge in [0.1, 0.15) is 11.8 Å². The Labute approximate surface area is 140 Å². The molecule has 0 N–H and O–H groups in total. The van der Waals surface area contributed by atoms with E-state index in [9.17, 15) is 4.79 Å². The van der Waals surface area contributed by atoms with Crippen molar-refractivity contribution in [3.05, 3.63) is 41.7 Å². The quantitative estimate of drug-likeness (QED) is 0.805. The second kappa shape index (κ2) is 5.14. The number of hydrogen-bond donors (Lipinski definition) is 0. The van der Waals surface area contributed by atoms with Gasteiger partial charge in [-0.3, -0.25) is 9.69 Å². The van der Waals surface area contributed by atoms with Crippen molar-refractivity contribution in [2.24, 2.45) is 5.41 Å². The van der Waals surface area contributed by atoms with Gasteiger partial charge in [-0.2, -0.15) is 0 Å². The molecule has 0 radical (unpaired) electrons. The zero-order valence-electron chi connectivity index (χ0n) is 13.5. The molecule has 3 aliphatic rings. The number of fused-ring (bicyclic) bond motifs is 1. The highest BCUT2D eigenvalue weighted by molar-refractivity contribution is 5.82. The molecular formula is C18H20N4O2. The van der Waals surface area contributed by atoms with Crippen molar-refractivity contribution in [1.82, 2.24) is 19.9 Å². The SMILES string of the molecule is O=C1OC(CN2CCc3c(nnn3-c3ccccc3)C2)CC12CC2. The lowest BCUT2D eigenvalue weighted by Crippen LogP contribution is -2.37. The number of nitrogens with zero attached hydrogens (tertiary/aromatic N) is 4. The van der Waals surface area contributed by atoms with Crippen LogP contribution >= 0.6 is 0 Å². The first-order valence-electron chi connectivity index (χ1n) is 8.66. The zero-order valence-corrected chi connectivity index (χ0v) is 13.5. The molecule has 0 amide bonds. The first-order valence-corrected chi connectivity index (χ1v) is 8.66.